The zero-order valence-corrected chi connectivity index (χ0v) is 9.74. The Morgan fingerprint density at radius 3 is 3.06 bits per heavy atom. The van der Waals surface area contributed by atoms with Crippen LogP contribution in [0.25, 0.3) is 0 Å². The Labute approximate surface area is 96.6 Å². The molecule has 1 heterocycles. The molecule has 1 fully saturated rings. The zero-order chi connectivity index (χ0) is 11.4. The molecule has 16 heavy (non-hydrogen) atoms. The maximum Gasteiger partial charge on any atom is 0.168 e. The minimum atomic E-state index is 0.0804. The molecule has 0 saturated carbocycles. The average Bonchev–Trinajstić information content (AvgIpc) is 2.82. The minimum absolute atomic E-state index is 0.0804. The van der Waals surface area contributed by atoms with Crippen LogP contribution in [0.4, 0.5) is 0 Å². The van der Waals surface area contributed by atoms with Crippen molar-refractivity contribution in [2.24, 2.45) is 5.92 Å². The Hall–Kier alpha value is -1.15. The predicted octanol–water partition coefficient (Wildman–Crippen LogP) is 2.86. The monoisotopic (exact) mass is 218 g/mol. The molecule has 1 atom stereocenters. The smallest absolute Gasteiger partial charge is 0.168 e. The Balaban J connectivity index is 2.12. The summed E-state index contributed by atoms with van der Waals surface area (Å²) >= 11 is 0. The molecule has 1 aromatic rings. The molecule has 2 heteroatoms. The highest BCUT2D eigenvalue weighted by Crippen LogP contribution is 2.19. The van der Waals surface area contributed by atoms with E-state index in [1.165, 1.54) is 5.56 Å². The maximum absolute atomic E-state index is 12.1. The van der Waals surface area contributed by atoms with Crippen molar-refractivity contribution in [3.8, 4) is 0 Å². The third kappa shape index (κ3) is 2.50. The van der Waals surface area contributed by atoms with Gasteiger partial charge in [-0.3, -0.25) is 4.79 Å². The van der Waals surface area contributed by atoms with Gasteiger partial charge in [-0.05, 0) is 24.5 Å². The second kappa shape index (κ2) is 5.26. The van der Waals surface area contributed by atoms with Gasteiger partial charge in [0, 0.05) is 18.1 Å². The van der Waals surface area contributed by atoms with Crippen molar-refractivity contribution in [2.75, 3.05) is 13.2 Å². The fourth-order valence-electron chi connectivity index (χ4n) is 2.15. The lowest BCUT2D eigenvalue weighted by molar-refractivity contribution is 0.0900. The van der Waals surface area contributed by atoms with Crippen LogP contribution in [0.15, 0.2) is 24.3 Å². The van der Waals surface area contributed by atoms with Crippen LogP contribution in [-0.4, -0.2) is 19.0 Å². The summed E-state index contributed by atoms with van der Waals surface area (Å²) < 4.78 is 5.26. The molecule has 0 aliphatic carbocycles. The summed E-state index contributed by atoms with van der Waals surface area (Å²) in [5.74, 6) is 0.326. The summed E-state index contributed by atoms with van der Waals surface area (Å²) in [6.07, 6.45) is 3.03. The molecule has 1 aliphatic rings. The van der Waals surface area contributed by atoms with Crippen LogP contribution in [0, 0.1) is 5.92 Å². The standard InChI is InChI=1S/C14H18O2/c1-2-4-11-5-3-6-12(9-11)14(15)13-7-8-16-10-13/h3,5-6,9,13H,2,4,7-8,10H2,1H3. The third-order valence-electron chi connectivity index (χ3n) is 3.05. The van der Waals surface area contributed by atoms with Crippen molar-refractivity contribution in [2.45, 2.75) is 26.2 Å². The van der Waals surface area contributed by atoms with Gasteiger partial charge in [0.05, 0.1) is 6.61 Å². The van der Waals surface area contributed by atoms with Crippen LogP contribution in [0.2, 0.25) is 0 Å². The Morgan fingerprint density at radius 2 is 2.38 bits per heavy atom. The van der Waals surface area contributed by atoms with E-state index in [4.69, 9.17) is 4.74 Å². The largest absolute Gasteiger partial charge is 0.381 e. The van der Waals surface area contributed by atoms with Gasteiger partial charge in [-0.25, -0.2) is 0 Å². The number of carbonyl (C=O) groups excluding carboxylic acids is 1. The van der Waals surface area contributed by atoms with Crippen LogP contribution >= 0.6 is 0 Å². The molecule has 0 spiro atoms. The molecule has 0 aromatic heterocycles. The number of rotatable bonds is 4. The summed E-state index contributed by atoms with van der Waals surface area (Å²) in [6, 6.07) is 8.02. The second-order valence-corrected chi connectivity index (χ2v) is 4.38. The van der Waals surface area contributed by atoms with E-state index in [1.807, 2.05) is 18.2 Å². The van der Waals surface area contributed by atoms with E-state index in [0.717, 1.165) is 31.4 Å². The normalized spacial score (nSPS) is 19.9. The Kier molecular flexibility index (Phi) is 3.73. The van der Waals surface area contributed by atoms with E-state index >= 15 is 0 Å². The lowest BCUT2D eigenvalue weighted by Gasteiger charge is -2.07. The van der Waals surface area contributed by atoms with E-state index in [9.17, 15) is 4.79 Å². The van der Waals surface area contributed by atoms with E-state index in [-0.39, 0.29) is 11.7 Å². The summed E-state index contributed by atoms with van der Waals surface area (Å²) in [6.45, 7) is 3.47. The van der Waals surface area contributed by atoms with Gasteiger partial charge >= 0.3 is 0 Å². The number of benzene rings is 1. The number of hydrogen-bond acceptors (Lipinski definition) is 2. The number of carbonyl (C=O) groups is 1. The molecule has 1 aliphatic heterocycles. The van der Waals surface area contributed by atoms with Crippen LogP contribution in [0.5, 0.6) is 0 Å². The third-order valence-corrected chi connectivity index (χ3v) is 3.05. The molecule has 0 radical (unpaired) electrons. The second-order valence-electron chi connectivity index (χ2n) is 4.38. The van der Waals surface area contributed by atoms with Crippen molar-refractivity contribution >= 4 is 5.78 Å². The van der Waals surface area contributed by atoms with Gasteiger partial charge in [-0.15, -0.1) is 0 Å². The molecule has 0 amide bonds. The number of ketones is 1. The van der Waals surface area contributed by atoms with Crippen LogP contribution < -0.4 is 0 Å². The van der Waals surface area contributed by atoms with Gasteiger partial charge in [-0.1, -0.05) is 31.5 Å². The van der Waals surface area contributed by atoms with Gasteiger partial charge in [0.1, 0.15) is 0 Å². The first-order chi connectivity index (χ1) is 7.81. The number of hydrogen-bond donors (Lipinski definition) is 0. The van der Waals surface area contributed by atoms with Gasteiger partial charge in [0.15, 0.2) is 5.78 Å². The molecule has 1 unspecified atom stereocenters. The van der Waals surface area contributed by atoms with Crippen molar-refractivity contribution in [1.29, 1.82) is 0 Å². The molecule has 0 bridgehead atoms. The van der Waals surface area contributed by atoms with E-state index in [1.54, 1.807) is 0 Å². The first-order valence-corrected chi connectivity index (χ1v) is 6.02. The Bertz CT molecular complexity index is 365. The van der Waals surface area contributed by atoms with Gasteiger partial charge in [0.2, 0.25) is 0 Å². The average molecular weight is 218 g/mol. The molecule has 2 nitrogen and oxygen atoms in total. The summed E-state index contributed by atoms with van der Waals surface area (Å²) in [5.41, 5.74) is 2.11. The molecular formula is C14H18O2. The first kappa shape index (κ1) is 11.3. The first-order valence-electron chi connectivity index (χ1n) is 6.02. The summed E-state index contributed by atoms with van der Waals surface area (Å²) in [4.78, 5) is 12.1. The highest BCUT2D eigenvalue weighted by molar-refractivity contribution is 5.98. The highest BCUT2D eigenvalue weighted by atomic mass is 16.5. The lowest BCUT2D eigenvalue weighted by Crippen LogP contribution is -2.14. The van der Waals surface area contributed by atoms with Crippen LogP contribution in [0.3, 0.4) is 0 Å². The molecule has 1 aromatic carbocycles. The molecule has 1 saturated heterocycles. The van der Waals surface area contributed by atoms with E-state index < -0.39 is 0 Å². The van der Waals surface area contributed by atoms with Gasteiger partial charge in [-0.2, -0.15) is 0 Å². The fourth-order valence-corrected chi connectivity index (χ4v) is 2.15. The van der Waals surface area contributed by atoms with Crippen molar-refractivity contribution in [1.82, 2.24) is 0 Å². The quantitative estimate of drug-likeness (QED) is 0.726. The van der Waals surface area contributed by atoms with Crippen molar-refractivity contribution < 1.29 is 9.53 Å². The Morgan fingerprint density at radius 1 is 1.50 bits per heavy atom. The van der Waals surface area contributed by atoms with Crippen molar-refractivity contribution in [3.05, 3.63) is 35.4 Å². The maximum atomic E-state index is 12.1. The van der Waals surface area contributed by atoms with Crippen LogP contribution in [-0.2, 0) is 11.2 Å². The van der Waals surface area contributed by atoms with E-state index in [2.05, 4.69) is 13.0 Å². The minimum Gasteiger partial charge on any atom is -0.381 e. The van der Waals surface area contributed by atoms with Crippen LogP contribution in [0.1, 0.15) is 35.7 Å². The SMILES string of the molecule is CCCc1cccc(C(=O)C2CCOC2)c1. The number of aryl methyl sites for hydroxylation is 1. The highest BCUT2D eigenvalue weighted by Gasteiger charge is 2.24. The molecular weight excluding hydrogens is 200 g/mol. The van der Waals surface area contributed by atoms with E-state index in [0.29, 0.717) is 6.61 Å². The molecule has 0 N–H and O–H groups in total. The molecule has 2 rings (SSSR count). The van der Waals surface area contributed by atoms with Gasteiger partial charge < -0.3 is 4.74 Å². The lowest BCUT2D eigenvalue weighted by atomic mass is 9.95. The number of ether oxygens (including phenoxy) is 1. The predicted molar refractivity (Wildman–Crippen MR) is 63.7 cm³/mol. The zero-order valence-electron chi connectivity index (χ0n) is 9.74. The van der Waals surface area contributed by atoms with Crippen molar-refractivity contribution in [3.63, 3.8) is 0 Å². The van der Waals surface area contributed by atoms with Gasteiger partial charge in [0.25, 0.3) is 0 Å². The molecule has 86 valence electrons. The fraction of sp³-hybridized carbons (Fsp3) is 0.500. The summed E-state index contributed by atoms with van der Waals surface area (Å²) in [5, 5.41) is 0. The summed E-state index contributed by atoms with van der Waals surface area (Å²) in [7, 11) is 0. The number of Topliss-reactive ketones (excluding diaryl/α,β-unsaturated/α-hetero) is 1. The topological polar surface area (TPSA) is 26.3 Å².